The first-order chi connectivity index (χ1) is 7.70. The van der Waals surface area contributed by atoms with Gasteiger partial charge in [-0.2, -0.15) is 0 Å². The lowest BCUT2D eigenvalue weighted by Crippen LogP contribution is -2.40. The van der Waals surface area contributed by atoms with Crippen molar-refractivity contribution in [3.8, 4) is 0 Å². The number of nitrogens with one attached hydrogen (secondary N) is 1. The van der Waals surface area contributed by atoms with E-state index < -0.39 is 0 Å². The maximum Gasteiger partial charge on any atom is 0.112 e. The molecule has 1 aromatic heterocycles. The van der Waals surface area contributed by atoms with Crippen LogP contribution in [0.4, 0.5) is 0 Å². The van der Waals surface area contributed by atoms with Crippen molar-refractivity contribution >= 4 is 34.5 Å². The van der Waals surface area contributed by atoms with E-state index in [9.17, 15) is 0 Å². The number of likely N-dealkylation sites (tertiary alicyclic amines) is 1. The fourth-order valence-electron chi connectivity index (χ4n) is 2.08. The highest BCUT2D eigenvalue weighted by atomic mass is 35.5. The maximum atomic E-state index is 6.12. The molecule has 2 rings (SSSR count). The van der Waals surface area contributed by atoms with Crippen LogP contribution in [-0.2, 0) is 6.54 Å². The Bertz CT molecular complexity index is 346. The van der Waals surface area contributed by atoms with Crippen LogP contribution in [0.3, 0.4) is 0 Å². The monoisotopic (exact) mass is 278 g/mol. The minimum absolute atomic E-state index is 0.679. The third-order valence-electron chi connectivity index (χ3n) is 3.15. The molecule has 90 valence electrons. The van der Waals surface area contributed by atoms with Gasteiger partial charge in [0.1, 0.15) is 4.34 Å². The third kappa shape index (κ3) is 2.90. The molecule has 1 saturated heterocycles. The molecule has 16 heavy (non-hydrogen) atoms. The Morgan fingerprint density at radius 1 is 1.44 bits per heavy atom. The van der Waals surface area contributed by atoms with E-state index in [-0.39, 0.29) is 0 Å². The average Bonchev–Trinajstić information content (AvgIpc) is 2.62. The molecular weight excluding hydrogens is 263 g/mol. The maximum absolute atomic E-state index is 6.12. The molecule has 1 aliphatic rings. The zero-order valence-corrected chi connectivity index (χ0v) is 11.6. The van der Waals surface area contributed by atoms with Crippen LogP contribution in [0.25, 0.3) is 0 Å². The second-order valence-electron chi connectivity index (χ2n) is 4.19. The van der Waals surface area contributed by atoms with Gasteiger partial charge in [-0.25, -0.2) is 0 Å². The number of hydrogen-bond donors (Lipinski definition) is 1. The van der Waals surface area contributed by atoms with Gasteiger partial charge >= 0.3 is 0 Å². The van der Waals surface area contributed by atoms with Gasteiger partial charge in [-0.1, -0.05) is 23.2 Å². The summed E-state index contributed by atoms with van der Waals surface area (Å²) in [4.78, 5) is 2.44. The van der Waals surface area contributed by atoms with Gasteiger partial charge < -0.3 is 5.32 Å². The molecule has 1 N–H and O–H groups in total. The molecule has 0 aliphatic carbocycles. The number of rotatable bonds is 3. The Labute approximate surface area is 111 Å². The van der Waals surface area contributed by atoms with Gasteiger partial charge in [-0.15, -0.1) is 11.3 Å². The van der Waals surface area contributed by atoms with E-state index in [1.165, 1.54) is 29.7 Å². The second-order valence-corrected chi connectivity index (χ2v) is 6.05. The lowest BCUT2D eigenvalue weighted by molar-refractivity contribution is 0.195. The van der Waals surface area contributed by atoms with Crippen molar-refractivity contribution in [3.63, 3.8) is 0 Å². The molecule has 0 bridgehead atoms. The molecule has 0 saturated carbocycles. The van der Waals surface area contributed by atoms with Crippen LogP contribution in [0.15, 0.2) is 5.38 Å². The first-order valence-electron chi connectivity index (χ1n) is 5.51. The first-order valence-corrected chi connectivity index (χ1v) is 7.15. The fraction of sp³-hybridized carbons (Fsp3) is 0.636. The van der Waals surface area contributed by atoms with Gasteiger partial charge in [0, 0.05) is 12.6 Å². The Hall–Kier alpha value is 0.200. The van der Waals surface area contributed by atoms with E-state index in [4.69, 9.17) is 23.2 Å². The smallest absolute Gasteiger partial charge is 0.112 e. The Morgan fingerprint density at radius 3 is 2.62 bits per heavy atom. The summed E-state index contributed by atoms with van der Waals surface area (Å²) in [7, 11) is 2.04. The lowest BCUT2D eigenvalue weighted by Gasteiger charge is -2.31. The quantitative estimate of drug-likeness (QED) is 0.913. The molecule has 1 fully saturated rings. The van der Waals surface area contributed by atoms with Crippen LogP contribution in [0.1, 0.15) is 18.4 Å². The summed E-state index contributed by atoms with van der Waals surface area (Å²) in [5.74, 6) is 0. The van der Waals surface area contributed by atoms with Gasteiger partial charge in [0.25, 0.3) is 0 Å². The number of halogens is 2. The number of thiophene rings is 1. The first kappa shape index (κ1) is 12.7. The SMILES string of the molecule is CNC1CCN(Cc2csc(Cl)c2Cl)CC1. The molecule has 2 nitrogen and oxygen atoms in total. The van der Waals surface area contributed by atoms with Gasteiger partial charge in [-0.05, 0) is 43.9 Å². The van der Waals surface area contributed by atoms with Crippen molar-refractivity contribution < 1.29 is 0 Å². The molecule has 1 aromatic rings. The number of piperidine rings is 1. The Morgan fingerprint density at radius 2 is 2.12 bits per heavy atom. The predicted octanol–water partition coefficient (Wildman–Crippen LogP) is 3.24. The van der Waals surface area contributed by atoms with E-state index in [0.717, 1.165) is 24.7 Å². The van der Waals surface area contributed by atoms with Crippen molar-refractivity contribution in [2.24, 2.45) is 0 Å². The van der Waals surface area contributed by atoms with Crippen LogP contribution in [0, 0.1) is 0 Å². The summed E-state index contributed by atoms with van der Waals surface area (Å²) in [6.45, 7) is 3.20. The molecule has 0 radical (unpaired) electrons. The highest BCUT2D eigenvalue weighted by Crippen LogP contribution is 2.33. The average molecular weight is 279 g/mol. The Kier molecular flexibility index (Phi) is 4.50. The summed E-state index contributed by atoms with van der Waals surface area (Å²) in [5, 5.41) is 6.13. The number of nitrogens with zero attached hydrogens (tertiary/aromatic N) is 1. The summed E-state index contributed by atoms with van der Waals surface area (Å²) >= 11 is 13.6. The van der Waals surface area contributed by atoms with Crippen LogP contribution >= 0.6 is 34.5 Å². The van der Waals surface area contributed by atoms with E-state index >= 15 is 0 Å². The zero-order valence-electron chi connectivity index (χ0n) is 9.30. The molecule has 0 amide bonds. The second kappa shape index (κ2) is 5.69. The molecule has 0 aromatic carbocycles. The molecular formula is C11H16Cl2N2S. The van der Waals surface area contributed by atoms with Gasteiger partial charge in [0.15, 0.2) is 0 Å². The molecule has 0 unspecified atom stereocenters. The van der Waals surface area contributed by atoms with E-state index in [0.29, 0.717) is 10.4 Å². The molecule has 2 heterocycles. The van der Waals surface area contributed by atoms with Crippen LogP contribution in [0.5, 0.6) is 0 Å². The van der Waals surface area contributed by atoms with Gasteiger partial charge in [0.05, 0.1) is 5.02 Å². The van der Waals surface area contributed by atoms with Gasteiger partial charge in [-0.3, -0.25) is 4.90 Å². The summed E-state index contributed by atoms with van der Waals surface area (Å²) < 4.78 is 0.710. The summed E-state index contributed by atoms with van der Waals surface area (Å²) in [6.07, 6.45) is 2.43. The molecule has 0 spiro atoms. The number of hydrogen-bond acceptors (Lipinski definition) is 3. The minimum atomic E-state index is 0.679. The van der Waals surface area contributed by atoms with Crippen molar-refractivity contribution in [1.82, 2.24) is 10.2 Å². The molecule has 5 heteroatoms. The largest absolute Gasteiger partial charge is 0.317 e. The van der Waals surface area contributed by atoms with Gasteiger partial charge in [0.2, 0.25) is 0 Å². The normalized spacial score (nSPS) is 19.2. The zero-order chi connectivity index (χ0) is 11.5. The van der Waals surface area contributed by atoms with Crippen molar-refractivity contribution in [2.75, 3.05) is 20.1 Å². The topological polar surface area (TPSA) is 15.3 Å². The summed E-state index contributed by atoms with van der Waals surface area (Å²) in [5.41, 5.74) is 1.17. The van der Waals surface area contributed by atoms with E-state index in [2.05, 4.69) is 15.6 Å². The van der Waals surface area contributed by atoms with Crippen LogP contribution < -0.4 is 5.32 Å². The minimum Gasteiger partial charge on any atom is -0.317 e. The third-order valence-corrected chi connectivity index (χ3v) is 5.06. The van der Waals surface area contributed by atoms with Crippen molar-refractivity contribution in [3.05, 3.63) is 20.3 Å². The van der Waals surface area contributed by atoms with Crippen LogP contribution in [0.2, 0.25) is 9.36 Å². The summed E-state index contributed by atoms with van der Waals surface area (Å²) in [6, 6.07) is 0.679. The lowest BCUT2D eigenvalue weighted by atomic mass is 10.1. The molecule has 0 atom stereocenters. The van der Waals surface area contributed by atoms with E-state index in [1.54, 1.807) is 0 Å². The fourth-order valence-corrected chi connectivity index (χ4v) is 3.32. The van der Waals surface area contributed by atoms with Crippen molar-refractivity contribution in [2.45, 2.75) is 25.4 Å². The highest BCUT2D eigenvalue weighted by molar-refractivity contribution is 7.15. The van der Waals surface area contributed by atoms with Crippen molar-refractivity contribution in [1.29, 1.82) is 0 Å². The van der Waals surface area contributed by atoms with Crippen LogP contribution in [-0.4, -0.2) is 31.1 Å². The standard InChI is InChI=1S/C11H16Cl2N2S/c1-14-9-2-4-15(5-3-9)6-8-7-16-11(13)10(8)12/h7,9,14H,2-6H2,1H3. The Balaban J connectivity index is 1.89. The molecule has 1 aliphatic heterocycles. The highest BCUT2D eigenvalue weighted by Gasteiger charge is 2.19. The van der Waals surface area contributed by atoms with E-state index in [1.807, 2.05) is 7.05 Å². The predicted molar refractivity (Wildman–Crippen MR) is 71.7 cm³/mol.